The van der Waals surface area contributed by atoms with Crippen LogP contribution in [-0.4, -0.2) is 48.3 Å². The smallest absolute Gasteiger partial charge is 0.255 e. The highest BCUT2D eigenvalue weighted by atomic mass is 19.1. The first-order chi connectivity index (χ1) is 18.4. The predicted octanol–water partition coefficient (Wildman–Crippen LogP) is 4.07. The normalized spacial score (nSPS) is 21.8. The molecule has 2 fully saturated rings. The summed E-state index contributed by atoms with van der Waals surface area (Å²) in [6.45, 7) is 0.479. The third-order valence-electron chi connectivity index (χ3n) is 7.68. The van der Waals surface area contributed by atoms with Gasteiger partial charge in [-0.05, 0) is 68.0 Å². The van der Waals surface area contributed by atoms with Crippen LogP contribution >= 0.6 is 0 Å². The summed E-state index contributed by atoms with van der Waals surface area (Å²) in [6, 6.07) is 4.33. The summed E-state index contributed by atoms with van der Waals surface area (Å²) >= 11 is 0. The lowest BCUT2D eigenvalue weighted by Gasteiger charge is -2.28. The molecule has 0 spiro atoms. The van der Waals surface area contributed by atoms with Crippen molar-refractivity contribution in [3.8, 4) is 0 Å². The first-order valence-corrected chi connectivity index (χ1v) is 12.8. The van der Waals surface area contributed by atoms with Crippen molar-refractivity contribution in [3.05, 3.63) is 71.1 Å². The van der Waals surface area contributed by atoms with Gasteiger partial charge in [-0.3, -0.25) is 4.79 Å². The minimum atomic E-state index is -0.615. The molecular formula is C26H27F3N8O. The lowest BCUT2D eigenvalue weighted by atomic mass is 9.85. The quantitative estimate of drug-likeness (QED) is 0.423. The number of nitrogens with one attached hydrogen (secondary N) is 1. The Labute approximate surface area is 216 Å². The molecule has 0 radical (unpaired) electrons. The maximum atomic E-state index is 16.0. The molecule has 1 saturated heterocycles. The number of tetrazole rings is 1. The number of rotatable bonds is 5. The van der Waals surface area contributed by atoms with E-state index in [0.717, 1.165) is 37.8 Å². The molecule has 6 rings (SSSR count). The first kappa shape index (κ1) is 24.4. The average Bonchev–Trinajstić information content (AvgIpc) is 3.66. The number of aromatic nitrogens is 6. The molecule has 0 unspecified atom stereocenters. The molecule has 1 amide bonds. The van der Waals surface area contributed by atoms with Crippen LogP contribution in [-0.2, 0) is 7.05 Å². The van der Waals surface area contributed by atoms with Crippen LogP contribution in [0.5, 0.6) is 0 Å². The van der Waals surface area contributed by atoms with Crippen LogP contribution in [0.15, 0.2) is 36.7 Å². The highest BCUT2D eigenvalue weighted by Gasteiger charge is 2.32. The number of benzene rings is 1. The van der Waals surface area contributed by atoms with Crippen LogP contribution in [0.4, 0.5) is 18.9 Å². The molecule has 1 aliphatic carbocycles. The van der Waals surface area contributed by atoms with E-state index in [-0.39, 0.29) is 34.3 Å². The number of halogens is 3. The van der Waals surface area contributed by atoms with Crippen LogP contribution in [0.3, 0.4) is 0 Å². The second kappa shape index (κ2) is 9.73. The number of hydrogen-bond donors (Lipinski definition) is 1. The molecule has 9 nitrogen and oxygen atoms in total. The monoisotopic (exact) mass is 524 g/mol. The van der Waals surface area contributed by atoms with Crippen molar-refractivity contribution in [3.63, 3.8) is 0 Å². The fourth-order valence-electron chi connectivity index (χ4n) is 5.79. The van der Waals surface area contributed by atoms with E-state index in [1.54, 1.807) is 24.2 Å². The first-order valence-electron chi connectivity index (χ1n) is 12.8. The largest absolute Gasteiger partial charge is 0.362 e. The van der Waals surface area contributed by atoms with Gasteiger partial charge in [0.25, 0.3) is 5.91 Å². The molecule has 198 valence electrons. The third-order valence-corrected chi connectivity index (χ3v) is 7.68. The van der Waals surface area contributed by atoms with Gasteiger partial charge in [0, 0.05) is 30.3 Å². The molecule has 0 bridgehead atoms. The van der Waals surface area contributed by atoms with Crippen LogP contribution < -0.4 is 10.2 Å². The van der Waals surface area contributed by atoms with E-state index < -0.39 is 29.4 Å². The van der Waals surface area contributed by atoms with Crippen LogP contribution in [0, 0.1) is 17.5 Å². The summed E-state index contributed by atoms with van der Waals surface area (Å²) < 4.78 is 45.8. The van der Waals surface area contributed by atoms with E-state index in [0.29, 0.717) is 25.2 Å². The summed E-state index contributed by atoms with van der Waals surface area (Å²) in [5.41, 5.74) is 0.619. The topological polar surface area (TPSA) is 93.2 Å². The number of pyridine rings is 1. The van der Waals surface area contributed by atoms with E-state index in [4.69, 9.17) is 0 Å². The zero-order valence-corrected chi connectivity index (χ0v) is 20.8. The number of aryl methyl sites for hydroxylation is 1. The molecular weight excluding hydrogens is 497 g/mol. The lowest BCUT2D eigenvalue weighted by molar-refractivity contribution is 0.0927. The van der Waals surface area contributed by atoms with Gasteiger partial charge in [0.1, 0.15) is 17.2 Å². The van der Waals surface area contributed by atoms with Crippen molar-refractivity contribution in [1.29, 1.82) is 0 Å². The Morgan fingerprint density at radius 2 is 1.89 bits per heavy atom. The van der Waals surface area contributed by atoms with Gasteiger partial charge in [0.05, 0.1) is 30.5 Å². The Morgan fingerprint density at radius 3 is 2.66 bits per heavy atom. The van der Waals surface area contributed by atoms with Crippen molar-refractivity contribution in [2.45, 2.75) is 56.5 Å². The highest BCUT2D eigenvalue weighted by Crippen LogP contribution is 2.39. The SMILES string of the molecule is Cn1nnc([C@H]2CC[C@H](NC(=O)c3cnn4ccc(N5CCC[C@@H]5c5cc(F)ccc5F)c(F)c34)CC2)n1. The van der Waals surface area contributed by atoms with Crippen LogP contribution in [0.2, 0.25) is 0 Å². The Morgan fingerprint density at radius 1 is 1.08 bits per heavy atom. The number of carbonyl (C=O) groups excluding carboxylic acids is 1. The Hall–Kier alpha value is -3.96. The zero-order chi connectivity index (χ0) is 26.4. The summed E-state index contributed by atoms with van der Waals surface area (Å²) in [5, 5.41) is 19.5. The van der Waals surface area contributed by atoms with Gasteiger partial charge in [-0.1, -0.05) is 0 Å². The number of nitrogens with zero attached hydrogens (tertiary/aromatic N) is 7. The predicted molar refractivity (Wildman–Crippen MR) is 132 cm³/mol. The Balaban J connectivity index is 1.22. The fraction of sp³-hybridized carbons (Fsp3) is 0.423. The second-order valence-electron chi connectivity index (χ2n) is 10.0. The number of anilines is 1. The van der Waals surface area contributed by atoms with Gasteiger partial charge >= 0.3 is 0 Å². The maximum Gasteiger partial charge on any atom is 0.255 e. The van der Waals surface area contributed by atoms with E-state index in [1.807, 2.05) is 0 Å². The standard InChI is InChI=1S/C26H27F3N8O/c1-35-33-25(32-34-35)15-4-7-17(8-5-15)31-26(38)19-14-30-37-12-10-22(23(29)24(19)37)36-11-2-3-21(36)18-13-16(27)6-9-20(18)28/h6,9-10,12-15,17,21H,2-5,7-8,11H2,1H3,(H,31,38)/t15-,17-,21-/m1/s1. The summed E-state index contributed by atoms with van der Waals surface area (Å²) in [4.78, 5) is 16.4. The molecule has 2 aliphatic rings. The van der Waals surface area contributed by atoms with Gasteiger partial charge in [-0.25, -0.2) is 17.7 Å². The summed E-state index contributed by atoms with van der Waals surface area (Å²) in [6.07, 6.45) is 7.33. The molecule has 4 heterocycles. The van der Waals surface area contributed by atoms with Gasteiger partial charge in [0.2, 0.25) is 0 Å². The molecule has 1 N–H and O–H groups in total. The molecule has 1 saturated carbocycles. The summed E-state index contributed by atoms with van der Waals surface area (Å²) in [5.74, 6) is -1.17. The Kier molecular flexibility index (Phi) is 6.24. The van der Waals surface area contributed by atoms with Crippen molar-refractivity contribution < 1.29 is 18.0 Å². The zero-order valence-electron chi connectivity index (χ0n) is 20.8. The van der Waals surface area contributed by atoms with Gasteiger partial charge in [0.15, 0.2) is 11.6 Å². The van der Waals surface area contributed by atoms with E-state index in [9.17, 15) is 13.6 Å². The van der Waals surface area contributed by atoms with Crippen molar-refractivity contribution in [2.75, 3.05) is 11.4 Å². The summed E-state index contributed by atoms with van der Waals surface area (Å²) in [7, 11) is 1.73. The highest BCUT2D eigenvalue weighted by molar-refractivity contribution is 6.01. The van der Waals surface area contributed by atoms with Crippen molar-refractivity contribution in [1.82, 2.24) is 35.1 Å². The lowest BCUT2D eigenvalue weighted by Crippen LogP contribution is -2.37. The molecule has 12 heteroatoms. The Bertz CT molecular complexity index is 1490. The molecule has 1 aromatic carbocycles. The molecule has 4 aromatic rings. The minimum absolute atomic E-state index is 0.0582. The fourth-order valence-corrected chi connectivity index (χ4v) is 5.79. The number of fused-ring (bicyclic) bond motifs is 1. The molecule has 38 heavy (non-hydrogen) atoms. The molecule has 1 aliphatic heterocycles. The minimum Gasteiger partial charge on any atom is -0.362 e. The van der Waals surface area contributed by atoms with E-state index in [2.05, 4.69) is 25.8 Å². The van der Waals surface area contributed by atoms with Gasteiger partial charge < -0.3 is 10.2 Å². The average molecular weight is 525 g/mol. The molecule has 1 atom stereocenters. The van der Waals surface area contributed by atoms with Gasteiger partial charge in [-0.2, -0.15) is 9.90 Å². The van der Waals surface area contributed by atoms with E-state index >= 15 is 4.39 Å². The third kappa shape index (κ3) is 4.37. The van der Waals surface area contributed by atoms with Crippen molar-refractivity contribution in [2.24, 2.45) is 7.05 Å². The van der Waals surface area contributed by atoms with Crippen LogP contribution in [0.25, 0.3) is 5.52 Å². The number of carbonyl (C=O) groups is 1. The second-order valence-corrected chi connectivity index (χ2v) is 10.0. The molecule has 3 aromatic heterocycles. The number of hydrogen-bond acceptors (Lipinski definition) is 6. The van der Waals surface area contributed by atoms with Crippen molar-refractivity contribution >= 4 is 17.1 Å². The van der Waals surface area contributed by atoms with Crippen LogP contribution in [0.1, 0.15) is 72.2 Å². The van der Waals surface area contributed by atoms with Gasteiger partial charge in [-0.15, -0.1) is 10.2 Å². The maximum absolute atomic E-state index is 16.0. The number of amides is 1. The van der Waals surface area contributed by atoms with E-state index in [1.165, 1.54) is 21.6 Å².